The van der Waals surface area contributed by atoms with Gasteiger partial charge in [-0.15, -0.1) is 0 Å². The monoisotopic (exact) mass is 312 g/mol. The minimum atomic E-state index is -0.685. The number of nitrogens with zero attached hydrogens (tertiary/aromatic N) is 3. The number of nitrogens with one attached hydrogen (secondary N) is 1. The van der Waals surface area contributed by atoms with Gasteiger partial charge in [0.05, 0.1) is 13.2 Å². The van der Waals surface area contributed by atoms with E-state index in [-0.39, 0.29) is 13.2 Å². The summed E-state index contributed by atoms with van der Waals surface area (Å²) in [5, 5.41) is 6.37. The van der Waals surface area contributed by atoms with Gasteiger partial charge in [0.25, 0.3) is 0 Å². The fourth-order valence-corrected chi connectivity index (χ4v) is 1.72. The van der Waals surface area contributed by atoms with Gasteiger partial charge in [0.1, 0.15) is 6.04 Å². The maximum Gasteiger partial charge on any atom is 0.328 e. The maximum atomic E-state index is 11.7. The summed E-state index contributed by atoms with van der Waals surface area (Å²) in [6, 6.07) is 6.66. The summed E-state index contributed by atoms with van der Waals surface area (Å²) in [4.78, 5) is 14.3. The Kier molecular flexibility index (Phi) is 6.04. The van der Waals surface area contributed by atoms with Crippen LogP contribution in [0.1, 0.15) is 6.92 Å². The number of azide groups is 1. The standard InChI is InChI=1S/C11H13BrN4O2/c1-2-18-11(17)10(7-14-16-13)15-9-5-3-4-8(12)6-9/h3-6,10,15H,2,7H2,1H3. The molecule has 6 nitrogen and oxygen atoms in total. The first-order valence-electron chi connectivity index (χ1n) is 5.37. The number of halogens is 1. The second-order valence-electron chi connectivity index (χ2n) is 3.37. The van der Waals surface area contributed by atoms with Crippen LogP contribution in [0.4, 0.5) is 5.69 Å². The van der Waals surface area contributed by atoms with E-state index < -0.39 is 12.0 Å². The summed E-state index contributed by atoms with van der Waals surface area (Å²) in [6.07, 6.45) is 0. The van der Waals surface area contributed by atoms with Crippen molar-refractivity contribution in [3.63, 3.8) is 0 Å². The van der Waals surface area contributed by atoms with Crippen LogP contribution < -0.4 is 5.32 Å². The SMILES string of the molecule is CCOC(=O)C(CN=[N+]=[N-])Nc1cccc(Br)c1. The maximum absolute atomic E-state index is 11.7. The van der Waals surface area contributed by atoms with Crippen molar-refractivity contribution in [3.8, 4) is 0 Å². The molecule has 1 N–H and O–H groups in total. The van der Waals surface area contributed by atoms with Crippen LogP contribution in [0.5, 0.6) is 0 Å². The summed E-state index contributed by atoms with van der Waals surface area (Å²) < 4.78 is 5.79. The predicted molar refractivity (Wildman–Crippen MR) is 72.2 cm³/mol. The first-order valence-corrected chi connectivity index (χ1v) is 6.16. The molecule has 0 heterocycles. The highest BCUT2D eigenvalue weighted by atomic mass is 79.9. The average molecular weight is 313 g/mol. The van der Waals surface area contributed by atoms with E-state index in [0.29, 0.717) is 0 Å². The molecule has 96 valence electrons. The molecule has 1 unspecified atom stereocenters. The van der Waals surface area contributed by atoms with Gasteiger partial charge < -0.3 is 10.1 Å². The van der Waals surface area contributed by atoms with E-state index in [1.807, 2.05) is 24.3 Å². The summed E-state index contributed by atoms with van der Waals surface area (Å²) in [6.45, 7) is 2.01. The Morgan fingerprint density at radius 1 is 1.67 bits per heavy atom. The molecule has 0 aliphatic rings. The van der Waals surface area contributed by atoms with E-state index >= 15 is 0 Å². The Labute approximate surface area is 113 Å². The number of benzene rings is 1. The molecule has 0 saturated heterocycles. The Bertz CT molecular complexity index is 460. The van der Waals surface area contributed by atoms with Crippen molar-refractivity contribution in [2.45, 2.75) is 13.0 Å². The van der Waals surface area contributed by atoms with Gasteiger partial charge in [0.2, 0.25) is 0 Å². The second kappa shape index (κ2) is 7.58. The van der Waals surface area contributed by atoms with Gasteiger partial charge in [-0.3, -0.25) is 0 Å². The van der Waals surface area contributed by atoms with Gasteiger partial charge in [-0.2, -0.15) is 0 Å². The van der Waals surface area contributed by atoms with Crippen molar-refractivity contribution in [1.29, 1.82) is 0 Å². The van der Waals surface area contributed by atoms with Crippen molar-refractivity contribution >= 4 is 27.6 Å². The molecule has 7 heteroatoms. The average Bonchev–Trinajstić information content (AvgIpc) is 2.34. The lowest BCUT2D eigenvalue weighted by Crippen LogP contribution is -2.34. The Balaban J connectivity index is 2.77. The smallest absolute Gasteiger partial charge is 0.328 e. The van der Waals surface area contributed by atoms with Gasteiger partial charge >= 0.3 is 5.97 Å². The number of rotatable bonds is 6. The molecule has 0 aliphatic carbocycles. The highest BCUT2D eigenvalue weighted by Crippen LogP contribution is 2.16. The third-order valence-electron chi connectivity index (χ3n) is 2.06. The molecule has 18 heavy (non-hydrogen) atoms. The molecule has 1 aromatic carbocycles. The highest BCUT2D eigenvalue weighted by Gasteiger charge is 2.18. The number of anilines is 1. The van der Waals surface area contributed by atoms with Crippen LogP contribution in [0.15, 0.2) is 33.9 Å². The Hall–Kier alpha value is -1.72. The van der Waals surface area contributed by atoms with Crippen molar-refractivity contribution < 1.29 is 9.53 Å². The zero-order chi connectivity index (χ0) is 13.4. The third kappa shape index (κ3) is 4.65. The van der Waals surface area contributed by atoms with Gasteiger partial charge in [-0.25, -0.2) is 4.79 Å². The molecule has 0 aromatic heterocycles. The molecule has 0 fully saturated rings. The quantitative estimate of drug-likeness (QED) is 0.379. The van der Waals surface area contributed by atoms with Crippen LogP contribution in [0.2, 0.25) is 0 Å². The fourth-order valence-electron chi connectivity index (χ4n) is 1.32. The van der Waals surface area contributed by atoms with Gasteiger partial charge in [0.15, 0.2) is 0 Å². The van der Waals surface area contributed by atoms with E-state index in [1.165, 1.54) is 0 Å². The van der Waals surface area contributed by atoms with E-state index in [4.69, 9.17) is 10.3 Å². The lowest BCUT2D eigenvalue weighted by molar-refractivity contribution is -0.143. The number of hydrogen-bond donors (Lipinski definition) is 1. The van der Waals surface area contributed by atoms with Crippen molar-refractivity contribution in [3.05, 3.63) is 39.2 Å². The van der Waals surface area contributed by atoms with Crippen LogP contribution in [0.3, 0.4) is 0 Å². The fraction of sp³-hybridized carbons (Fsp3) is 0.364. The van der Waals surface area contributed by atoms with Crippen LogP contribution >= 0.6 is 15.9 Å². The van der Waals surface area contributed by atoms with Crippen molar-refractivity contribution in [2.75, 3.05) is 18.5 Å². The number of carbonyl (C=O) groups excluding carboxylic acids is 1. The minimum absolute atomic E-state index is 0.00183. The first kappa shape index (κ1) is 14.3. The topological polar surface area (TPSA) is 87.1 Å². The number of ether oxygens (including phenoxy) is 1. The number of esters is 1. The van der Waals surface area contributed by atoms with E-state index in [2.05, 4.69) is 31.3 Å². The number of hydrogen-bond acceptors (Lipinski definition) is 4. The van der Waals surface area contributed by atoms with Gasteiger partial charge in [-0.1, -0.05) is 27.1 Å². The Morgan fingerprint density at radius 2 is 2.44 bits per heavy atom. The molecular weight excluding hydrogens is 300 g/mol. The third-order valence-corrected chi connectivity index (χ3v) is 2.56. The van der Waals surface area contributed by atoms with E-state index in [0.717, 1.165) is 10.2 Å². The van der Waals surface area contributed by atoms with Crippen LogP contribution in [-0.2, 0) is 9.53 Å². The summed E-state index contributed by atoms with van der Waals surface area (Å²) in [5.41, 5.74) is 9.05. The molecular formula is C11H13BrN4O2. The molecule has 0 bridgehead atoms. The van der Waals surface area contributed by atoms with Crippen LogP contribution in [0.25, 0.3) is 10.4 Å². The minimum Gasteiger partial charge on any atom is -0.464 e. The molecule has 0 radical (unpaired) electrons. The lowest BCUT2D eigenvalue weighted by Gasteiger charge is -2.16. The zero-order valence-corrected chi connectivity index (χ0v) is 11.4. The van der Waals surface area contributed by atoms with Crippen LogP contribution in [0, 0.1) is 0 Å². The van der Waals surface area contributed by atoms with E-state index in [1.54, 1.807) is 6.92 Å². The first-order chi connectivity index (χ1) is 8.67. The number of carbonyl (C=O) groups is 1. The molecule has 1 atom stereocenters. The molecule has 0 aliphatic heterocycles. The van der Waals surface area contributed by atoms with Gasteiger partial charge in [-0.05, 0) is 30.7 Å². The second-order valence-corrected chi connectivity index (χ2v) is 4.29. The largest absolute Gasteiger partial charge is 0.464 e. The summed E-state index contributed by atoms with van der Waals surface area (Å²) >= 11 is 3.33. The van der Waals surface area contributed by atoms with Crippen LogP contribution in [-0.4, -0.2) is 25.2 Å². The summed E-state index contributed by atoms with van der Waals surface area (Å²) in [5.74, 6) is -0.440. The van der Waals surface area contributed by atoms with E-state index in [9.17, 15) is 4.79 Å². The highest BCUT2D eigenvalue weighted by molar-refractivity contribution is 9.10. The molecule has 0 saturated carbocycles. The predicted octanol–water partition coefficient (Wildman–Crippen LogP) is 3.10. The Morgan fingerprint density at radius 3 is 3.06 bits per heavy atom. The molecule has 0 amide bonds. The summed E-state index contributed by atoms with van der Waals surface area (Å²) in [7, 11) is 0. The zero-order valence-electron chi connectivity index (χ0n) is 9.84. The normalized spacial score (nSPS) is 11.2. The van der Waals surface area contributed by atoms with Crippen molar-refractivity contribution in [2.24, 2.45) is 5.11 Å². The molecule has 0 spiro atoms. The lowest BCUT2D eigenvalue weighted by atomic mass is 10.2. The van der Waals surface area contributed by atoms with Gasteiger partial charge in [0, 0.05) is 15.1 Å². The molecule has 1 aromatic rings. The van der Waals surface area contributed by atoms with Crippen molar-refractivity contribution in [1.82, 2.24) is 0 Å². The molecule has 1 rings (SSSR count).